The third-order valence-corrected chi connectivity index (χ3v) is 5.15. The molecule has 146 valence electrons. The van der Waals surface area contributed by atoms with Crippen molar-refractivity contribution in [1.29, 1.82) is 0 Å². The van der Waals surface area contributed by atoms with E-state index in [-0.39, 0.29) is 0 Å². The number of halogens is 2. The lowest BCUT2D eigenvalue weighted by Gasteiger charge is -2.24. The number of benzene rings is 2. The monoisotopic (exact) mass is 425 g/mol. The smallest absolute Gasteiger partial charge is 0.351 e. The first-order valence-corrected chi connectivity index (χ1v) is 9.73. The van der Waals surface area contributed by atoms with Gasteiger partial charge in [0.15, 0.2) is 5.60 Å². The SMILES string of the molecule is O=S(=O)(O)O[C@@H](n1cncn1)[C@@]1(c2ccc(F)cc2)O[C@H]1c1ccccc1Cl. The van der Waals surface area contributed by atoms with Crippen LogP contribution in [-0.4, -0.2) is 27.7 Å². The second-order valence-electron chi connectivity index (χ2n) is 6.07. The Hall–Kier alpha value is -2.37. The van der Waals surface area contributed by atoms with Gasteiger partial charge in [-0.3, -0.25) is 4.55 Å². The Labute approximate surface area is 164 Å². The Morgan fingerprint density at radius 1 is 1.25 bits per heavy atom. The number of aromatic nitrogens is 3. The minimum Gasteiger partial charge on any atom is -0.351 e. The molecule has 2 aromatic carbocycles. The summed E-state index contributed by atoms with van der Waals surface area (Å²) in [4.78, 5) is 3.79. The molecule has 0 saturated carbocycles. The molecular weight excluding hydrogens is 413 g/mol. The zero-order valence-electron chi connectivity index (χ0n) is 14.0. The molecular formula is C17H13ClFN3O5S. The van der Waals surface area contributed by atoms with Crippen LogP contribution in [-0.2, 0) is 24.9 Å². The first-order chi connectivity index (χ1) is 13.3. The molecule has 0 amide bonds. The summed E-state index contributed by atoms with van der Waals surface area (Å²) in [6, 6.07) is 12.1. The van der Waals surface area contributed by atoms with Crippen LogP contribution in [0.1, 0.15) is 23.5 Å². The molecule has 0 unspecified atom stereocenters. The van der Waals surface area contributed by atoms with Crippen molar-refractivity contribution in [2.24, 2.45) is 0 Å². The second-order valence-corrected chi connectivity index (χ2v) is 7.53. The molecule has 1 aliphatic heterocycles. The average Bonchev–Trinajstić information content (AvgIpc) is 3.14. The summed E-state index contributed by atoms with van der Waals surface area (Å²) >= 11 is 6.28. The van der Waals surface area contributed by atoms with Gasteiger partial charge in [0.25, 0.3) is 0 Å². The van der Waals surface area contributed by atoms with Crippen LogP contribution >= 0.6 is 11.6 Å². The molecule has 0 radical (unpaired) electrons. The van der Waals surface area contributed by atoms with E-state index in [1.807, 2.05) is 0 Å². The third kappa shape index (κ3) is 3.40. The third-order valence-electron chi connectivity index (χ3n) is 4.38. The van der Waals surface area contributed by atoms with Gasteiger partial charge in [0.05, 0.1) is 0 Å². The molecule has 0 aliphatic carbocycles. The first-order valence-electron chi connectivity index (χ1n) is 7.99. The highest BCUT2D eigenvalue weighted by Gasteiger charge is 2.67. The number of epoxide rings is 1. The van der Waals surface area contributed by atoms with E-state index < -0.39 is 34.1 Å². The van der Waals surface area contributed by atoms with Crippen molar-refractivity contribution in [2.75, 3.05) is 0 Å². The average molecular weight is 426 g/mol. The number of rotatable bonds is 6. The standard InChI is InChI=1S/C17H13ClFN3O5S/c18-14-4-2-1-3-13(14)15-17(26-15,11-5-7-12(19)8-6-11)16(27-28(23,24)25)22-10-20-9-21-22/h1-10,15-16H,(H,23,24,25)/t15-,16+,17-/m0/s1. The number of nitrogens with zero attached hydrogens (tertiary/aromatic N) is 3. The van der Waals surface area contributed by atoms with Crippen molar-refractivity contribution in [3.63, 3.8) is 0 Å². The summed E-state index contributed by atoms with van der Waals surface area (Å²) in [5.41, 5.74) is -0.483. The molecule has 11 heteroatoms. The van der Waals surface area contributed by atoms with Gasteiger partial charge in [-0.15, -0.1) is 0 Å². The van der Waals surface area contributed by atoms with Gasteiger partial charge >= 0.3 is 10.4 Å². The lowest BCUT2D eigenvalue weighted by molar-refractivity contribution is 0.0225. The summed E-state index contributed by atoms with van der Waals surface area (Å²) in [6.07, 6.45) is 0.178. The number of ether oxygens (including phenoxy) is 1. The van der Waals surface area contributed by atoms with E-state index in [1.54, 1.807) is 24.3 Å². The van der Waals surface area contributed by atoms with Gasteiger partial charge in [-0.05, 0) is 23.8 Å². The molecule has 0 bridgehead atoms. The van der Waals surface area contributed by atoms with Crippen LogP contribution in [0.15, 0.2) is 61.2 Å². The molecule has 1 aromatic heterocycles. The lowest BCUT2D eigenvalue weighted by atomic mass is 9.90. The maximum Gasteiger partial charge on any atom is 0.399 e. The van der Waals surface area contributed by atoms with E-state index in [0.29, 0.717) is 16.1 Å². The molecule has 2 heterocycles. The summed E-state index contributed by atoms with van der Waals surface area (Å²) in [6.45, 7) is 0. The second kappa shape index (κ2) is 6.90. The van der Waals surface area contributed by atoms with Crippen LogP contribution in [0.4, 0.5) is 4.39 Å². The van der Waals surface area contributed by atoms with Gasteiger partial charge in [0.1, 0.15) is 24.6 Å². The van der Waals surface area contributed by atoms with E-state index in [0.717, 1.165) is 4.68 Å². The van der Waals surface area contributed by atoms with Crippen LogP contribution in [0.3, 0.4) is 0 Å². The Morgan fingerprint density at radius 3 is 2.57 bits per heavy atom. The van der Waals surface area contributed by atoms with Gasteiger partial charge < -0.3 is 4.74 Å². The molecule has 1 aliphatic rings. The van der Waals surface area contributed by atoms with Crippen molar-refractivity contribution >= 4 is 22.0 Å². The molecule has 3 atom stereocenters. The summed E-state index contributed by atoms with van der Waals surface area (Å²) in [7, 11) is -4.90. The Kier molecular flexibility index (Phi) is 4.68. The quantitative estimate of drug-likeness (QED) is 0.477. The lowest BCUT2D eigenvalue weighted by Crippen LogP contribution is -2.31. The zero-order valence-corrected chi connectivity index (χ0v) is 15.6. The molecule has 1 saturated heterocycles. The van der Waals surface area contributed by atoms with Crippen LogP contribution in [0.25, 0.3) is 0 Å². The van der Waals surface area contributed by atoms with Crippen molar-refractivity contribution in [1.82, 2.24) is 14.8 Å². The summed E-state index contributed by atoms with van der Waals surface area (Å²) in [5, 5.41) is 4.31. The highest BCUT2D eigenvalue weighted by Crippen LogP contribution is 2.64. The van der Waals surface area contributed by atoms with Crippen LogP contribution in [0, 0.1) is 5.82 Å². The van der Waals surface area contributed by atoms with Crippen molar-refractivity contribution < 1.29 is 26.3 Å². The zero-order chi connectivity index (χ0) is 19.9. The molecule has 3 aromatic rings. The minimum absolute atomic E-state index is 0.390. The van der Waals surface area contributed by atoms with Crippen LogP contribution in [0.5, 0.6) is 0 Å². The molecule has 1 fully saturated rings. The van der Waals surface area contributed by atoms with Gasteiger partial charge in [-0.25, -0.2) is 18.2 Å². The van der Waals surface area contributed by atoms with E-state index in [4.69, 9.17) is 20.5 Å². The van der Waals surface area contributed by atoms with Crippen LogP contribution in [0.2, 0.25) is 5.02 Å². The minimum atomic E-state index is -4.90. The van der Waals surface area contributed by atoms with Gasteiger partial charge in [-0.1, -0.05) is 41.9 Å². The summed E-state index contributed by atoms with van der Waals surface area (Å²) in [5.74, 6) is -0.484. The fourth-order valence-corrected chi connectivity index (χ4v) is 3.87. The Morgan fingerprint density at radius 2 is 1.96 bits per heavy atom. The predicted molar refractivity (Wildman–Crippen MR) is 95.0 cm³/mol. The van der Waals surface area contributed by atoms with E-state index in [1.165, 1.54) is 36.9 Å². The highest BCUT2D eigenvalue weighted by atomic mass is 35.5. The maximum absolute atomic E-state index is 13.5. The molecule has 8 nitrogen and oxygen atoms in total. The molecule has 28 heavy (non-hydrogen) atoms. The van der Waals surface area contributed by atoms with Crippen molar-refractivity contribution in [3.05, 3.63) is 83.2 Å². The summed E-state index contributed by atoms with van der Waals surface area (Å²) < 4.78 is 57.8. The largest absolute Gasteiger partial charge is 0.399 e. The molecule has 1 N–H and O–H groups in total. The van der Waals surface area contributed by atoms with Gasteiger partial charge in [-0.2, -0.15) is 13.5 Å². The fourth-order valence-electron chi connectivity index (χ4n) is 3.17. The van der Waals surface area contributed by atoms with Gasteiger partial charge in [0, 0.05) is 10.6 Å². The van der Waals surface area contributed by atoms with Gasteiger partial charge in [0.2, 0.25) is 6.23 Å². The fraction of sp³-hybridized carbons (Fsp3) is 0.176. The Bertz CT molecular complexity index is 1090. The highest BCUT2D eigenvalue weighted by molar-refractivity contribution is 7.80. The normalized spacial score (nSPS) is 22.8. The molecule has 4 rings (SSSR count). The number of hydrogen-bond donors (Lipinski definition) is 1. The van der Waals surface area contributed by atoms with E-state index in [9.17, 15) is 17.4 Å². The topological polar surface area (TPSA) is 107 Å². The van der Waals surface area contributed by atoms with E-state index in [2.05, 4.69) is 10.1 Å². The van der Waals surface area contributed by atoms with E-state index >= 15 is 0 Å². The first kappa shape index (κ1) is 19.0. The number of hydrogen-bond acceptors (Lipinski definition) is 6. The van der Waals surface area contributed by atoms with Crippen molar-refractivity contribution in [3.8, 4) is 0 Å². The molecule has 0 spiro atoms. The van der Waals surface area contributed by atoms with Crippen molar-refractivity contribution in [2.45, 2.75) is 17.9 Å². The maximum atomic E-state index is 13.5. The Balaban J connectivity index is 1.88. The predicted octanol–water partition coefficient (Wildman–Crippen LogP) is 3.06. The van der Waals surface area contributed by atoms with Crippen LogP contribution < -0.4 is 0 Å².